The molecule has 5 nitrogen and oxygen atoms in total. The van der Waals surface area contributed by atoms with Gasteiger partial charge in [-0.2, -0.15) is 5.26 Å². The molecular weight excluding hydrogens is 1450 g/mol. The number of aromatic nitrogens is 2. The van der Waals surface area contributed by atoms with Gasteiger partial charge in [-0.1, -0.05) is 218 Å². The monoisotopic (exact) mass is 1520 g/mol. The molecule has 13 rings (SSSR count). The second-order valence-corrected chi connectivity index (χ2v) is 30.3. The van der Waals surface area contributed by atoms with Crippen LogP contribution in [0.3, 0.4) is 0 Å². The van der Waals surface area contributed by atoms with E-state index < -0.39 is 46.2 Å². The summed E-state index contributed by atoms with van der Waals surface area (Å²) in [6.45, 7) is 1.43. The number of hydrogen-bond donors (Lipinski definition) is 0. The zero-order chi connectivity index (χ0) is 69.2. The molecule has 0 amide bonds. The molecule has 518 valence electrons. The Balaban J connectivity index is 0.000000313. The molecule has 3 N–H and O–H groups in total. The topological polar surface area (TPSA) is 91.8 Å². The molecule has 1 heterocycles. The Labute approximate surface area is 608 Å². The summed E-state index contributed by atoms with van der Waals surface area (Å²) in [5.74, 6) is 0.549. The van der Waals surface area contributed by atoms with Gasteiger partial charge in [0.25, 0.3) is 0 Å². The minimum absolute atomic E-state index is 0. The first-order valence-electron chi connectivity index (χ1n) is 30.6. The van der Waals surface area contributed by atoms with Gasteiger partial charge in [-0.25, -0.2) is 4.98 Å². The Hall–Kier alpha value is -8.70. The van der Waals surface area contributed by atoms with Crippen molar-refractivity contribution >= 4 is 110 Å². The maximum Gasteiger partial charge on any atom is 1.00 e. The van der Waals surface area contributed by atoms with E-state index in [1.807, 2.05) is 0 Å². The number of nitrogens with zero attached hydrogens (tertiary/aromatic N) is 3. The summed E-state index contributed by atoms with van der Waals surface area (Å²) in [6, 6.07) is 132. The summed E-state index contributed by atoms with van der Waals surface area (Å²) >= 11 is 0. The number of ether oxygens (including phenoxy) is 1. The van der Waals surface area contributed by atoms with Crippen molar-refractivity contribution in [3.05, 3.63) is 383 Å². The zero-order valence-electron chi connectivity index (χ0n) is 54.5. The molecule has 0 spiro atoms. The molecule has 0 atom stereocenters. The maximum absolute atomic E-state index is 9.75. The molecule has 0 saturated heterocycles. The van der Waals surface area contributed by atoms with Gasteiger partial charge in [0.15, 0.2) is 0 Å². The van der Waals surface area contributed by atoms with Gasteiger partial charge >= 0.3 is 48.6 Å². The summed E-state index contributed by atoms with van der Waals surface area (Å²) in [7, 11) is -13.9. The fourth-order valence-electron chi connectivity index (χ4n) is 9.65. The van der Waals surface area contributed by atoms with E-state index in [9.17, 15) is 34.5 Å². The van der Waals surface area contributed by atoms with Gasteiger partial charge in [-0.15, -0.1) is 0 Å². The first-order valence-corrected chi connectivity index (χ1v) is 36.6. The van der Waals surface area contributed by atoms with Crippen LogP contribution in [0.25, 0.3) is 0 Å². The molecule has 0 aliphatic rings. The number of methoxy groups -OCH3 is 1. The minimum Gasteiger partial charge on any atom is -0.480 e. The van der Waals surface area contributed by atoms with Crippen molar-refractivity contribution in [1.29, 1.82) is 5.26 Å². The third-order valence-electron chi connectivity index (χ3n) is 13.5. The van der Waals surface area contributed by atoms with Gasteiger partial charge in [0.2, 0.25) is 5.88 Å². The van der Waals surface area contributed by atoms with E-state index in [0.29, 0.717) is 5.88 Å². The summed E-state index contributed by atoms with van der Waals surface area (Å²) in [5, 5.41) is 24.5. The van der Waals surface area contributed by atoms with Crippen LogP contribution in [-0.4, -0.2) is 31.6 Å². The number of benzene rings is 12. The van der Waals surface area contributed by atoms with Crippen LogP contribution in [0, 0.1) is 11.3 Å². The molecule has 0 fully saturated rings. The normalized spacial score (nSPS) is 10.0. The summed E-state index contributed by atoms with van der Waals surface area (Å²) in [4.78, 5) is 7.58. The second-order valence-electron chi connectivity index (χ2n) is 20.4. The predicted molar refractivity (Wildman–Crippen MR) is 411 cm³/mol. The molecule has 0 saturated carbocycles. The summed E-state index contributed by atoms with van der Waals surface area (Å²) < 4.78 is 82.7. The van der Waals surface area contributed by atoms with Crippen molar-refractivity contribution in [2.75, 3.05) is 7.11 Å². The average Bonchev–Trinajstić information content (AvgIpc) is 0.848. The van der Waals surface area contributed by atoms with Crippen LogP contribution in [-0.2, 0) is 39.6 Å². The Morgan fingerprint density at radius 2 is 0.400 bits per heavy atom. The van der Waals surface area contributed by atoms with Gasteiger partial charge in [-0.3, -0.25) is 4.98 Å². The molecule has 0 bridgehead atoms. The van der Waals surface area contributed by atoms with Crippen molar-refractivity contribution in [3.63, 3.8) is 0 Å². The largest absolute Gasteiger partial charge is 1.00 e. The fraction of sp³-hybridized carbons (Fsp3) is 0.0253. The van der Waals surface area contributed by atoms with E-state index in [0.717, 1.165) is 0 Å². The van der Waals surface area contributed by atoms with Crippen molar-refractivity contribution in [1.82, 2.24) is 9.97 Å². The Morgan fingerprint density at radius 1 is 0.280 bits per heavy atom. The Morgan fingerprint density at radius 3 is 0.480 bits per heavy atom. The predicted octanol–water partition coefficient (Wildman–Crippen LogP) is 15.4. The number of halogens is 8. The summed E-state index contributed by atoms with van der Waals surface area (Å²) in [6.07, 6.45) is 4.74. The van der Waals surface area contributed by atoms with E-state index >= 15 is 0 Å². The third-order valence-corrected chi connectivity index (χ3v) is 24.4. The zero-order valence-corrected chi connectivity index (χ0v) is 60.4. The van der Waals surface area contributed by atoms with E-state index in [2.05, 4.69) is 374 Å². The SMILES string of the molecule is CC#N.COc1cnccn1.F[B-](F)(F)F.F[B-](F)(F)F.[Cu+].[Cu+].[OH3+].c1ccc([PH+](c2ccccc2)c2ccccc2)cc1.c1ccc([PH+](c2ccccc2)c2ccccc2)cc1.c1ccc([PH+](c2ccccc2)c2ccccc2)cc1.c1ccc([PH+](c2ccccc2)c2ccccc2)cc1. The van der Waals surface area contributed by atoms with Crippen LogP contribution < -0.4 is 68.4 Å². The van der Waals surface area contributed by atoms with E-state index in [-0.39, 0.29) is 39.6 Å². The van der Waals surface area contributed by atoms with E-state index in [1.165, 1.54) is 70.6 Å². The first kappa shape index (κ1) is 85.5. The maximum atomic E-state index is 9.75. The third kappa shape index (κ3) is 33.0. The number of rotatable bonds is 13. The van der Waals surface area contributed by atoms with E-state index in [1.54, 1.807) is 31.8 Å². The summed E-state index contributed by atoms with van der Waals surface area (Å²) in [5.41, 5.74) is 0. The van der Waals surface area contributed by atoms with Crippen molar-refractivity contribution in [2.45, 2.75) is 6.92 Å². The molecule has 0 radical (unpaired) electrons. The number of hydrogen-bond acceptors (Lipinski definition) is 4. The Kier molecular flexibility index (Phi) is 41.9. The Bertz CT molecular complexity index is 3300. The molecule has 0 aliphatic heterocycles. The molecule has 100 heavy (non-hydrogen) atoms. The van der Waals surface area contributed by atoms with Crippen molar-refractivity contribution < 1.29 is 78.9 Å². The second kappa shape index (κ2) is 48.9. The molecule has 0 aliphatic carbocycles. The molecular formula is C79H76B2Cu2F8N3O2P4+5. The van der Waals surface area contributed by atoms with E-state index in [4.69, 9.17) is 10.00 Å². The molecule has 13 aromatic rings. The van der Waals surface area contributed by atoms with Crippen LogP contribution in [0.15, 0.2) is 383 Å². The van der Waals surface area contributed by atoms with Gasteiger partial charge < -0.3 is 44.7 Å². The smallest absolute Gasteiger partial charge is 0.480 e. The molecule has 21 heteroatoms. The average molecular weight is 1520 g/mol. The standard InChI is InChI=1S/4C18H15P.C5H6N2O.C2H3N.2BF4.2Cu.H2O/c4*1-4-10-16(11-5-1)19(17-12-6-2-7-13-17)18-14-8-3-9-15-18;1-8-5-4-6-2-3-7-5;1-2-3;2*2-1(3,4)5;;;/h4*1-15H;2-4H,1H3;1H3;;;;;1H2/q;;;;;;2*-1;2*+1;/p+5. The van der Waals surface area contributed by atoms with Gasteiger partial charge in [-0.05, 0) is 146 Å². The quantitative estimate of drug-likeness (QED) is 0.0498. The van der Waals surface area contributed by atoms with Gasteiger partial charge in [0, 0.05) is 19.3 Å². The fourth-order valence-corrected chi connectivity index (χ4v) is 20.0. The van der Waals surface area contributed by atoms with Crippen LogP contribution in [0.5, 0.6) is 5.88 Å². The molecule has 1 aromatic heterocycles. The molecule has 0 unspecified atom stereocenters. The van der Waals surface area contributed by atoms with Crippen molar-refractivity contribution in [3.8, 4) is 11.9 Å². The van der Waals surface area contributed by atoms with Gasteiger partial charge in [0.05, 0.1) is 51.1 Å². The number of nitriles is 1. The van der Waals surface area contributed by atoms with Crippen molar-refractivity contribution in [2.24, 2.45) is 0 Å². The van der Waals surface area contributed by atoms with Crippen LogP contribution in [0.2, 0.25) is 0 Å². The van der Waals surface area contributed by atoms with Crippen LogP contribution >= 0.6 is 31.7 Å². The molecule has 12 aromatic carbocycles. The van der Waals surface area contributed by atoms with Crippen LogP contribution in [0.4, 0.5) is 34.5 Å². The van der Waals surface area contributed by atoms with Gasteiger partial charge in [0.1, 0.15) is 63.7 Å². The minimum atomic E-state index is -6.00. The van der Waals surface area contributed by atoms with Crippen LogP contribution in [0.1, 0.15) is 6.92 Å². The first-order chi connectivity index (χ1) is 47.1.